The average Bonchev–Trinajstić information content (AvgIpc) is 2.73. The van der Waals surface area contributed by atoms with Gasteiger partial charge in [-0.2, -0.15) is 5.26 Å². The van der Waals surface area contributed by atoms with Crippen molar-refractivity contribution in [3.8, 4) is 6.07 Å². The Morgan fingerprint density at radius 1 is 1.08 bits per heavy atom. The Bertz CT molecular complexity index is 789. The highest BCUT2D eigenvalue weighted by Crippen LogP contribution is 2.45. The van der Waals surface area contributed by atoms with E-state index in [-0.39, 0.29) is 5.92 Å². The van der Waals surface area contributed by atoms with Crippen LogP contribution in [0.15, 0.2) is 54.6 Å². The third kappa shape index (κ3) is 3.28. The molecule has 2 aromatic rings. The van der Waals surface area contributed by atoms with E-state index in [1.54, 1.807) is 0 Å². The largest absolute Gasteiger partial charge is 0.385 e. The van der Waals surface area contributed by atoms with E-state index >= 15 is 0 Å². The molecular weight excluding hydrogens is 320 g/mol. The van der Waals surface area contributed by atoms with Gasteiger partial charge in [0.1, 0.15) is 0 Å². The van der Waals surface area contributed by atoms with Gasteiger partial charge in [-0.3, -0.25) is 0 Å². The molecule has 0 radical (unpaired) electrons. The van der Waals surface area contributed by atoms with E-state index in [2.05, 4.69) is 29.2 Å². The van der Waals surface area contributed by atoms with Crippen LogP contribution in [-0.4, -0.2) is 29.6 Å². The summed E-state index contributed by atoms with van der Waals surface area (Å²) in [5, 5.41) is 21.1. The fourth-order valence-corrected chi connectivity index (χ4v) is 4.91. The molecule has 0 aliphatic carbocycles. The van der Waals surface area contributed by atoms with Crippen LogP contribution in [0.25, 0.3) is 0 Å². The predicted octanol–water partition coefficient (Wildman–Crippen LogP) is 3.72. The number of benzene rings is 2. The molecule has 0 spiro atoms. The smallest absolute Gasteiger partial charge is 0.0991 e. The van der Waals surface area contributed by atoms with Crippen molar-refractivity contribution in [1.82, 2.24) is 4.90 Å². The lowest BCUT2D eigenvalue weighted by molar-refractivity contribution is -0.106. The zero-order chi connectivity index (χ0) is 18.0. The summed E-state index contributed by atoms with van der Waals surface area (Å²) < 4.78 is 0. The van der Waals surface area contributed by atoms with Crippen molar-refractivity contribution in [2.45, 2.75) is 31.3 Å². The summed E-state index contributed by atoms with van der Waals surface area (Å²) in [6.45, 7) is 3.35. The highest BCUT2D eigenvalue weighted by atomic mass is 16.3. The summed E-state index contributed by atoms with van der Waals surface area (Å²) in [4.78, 5) is 2.51. The van der Waals surface area contributed by atoms with Crippen LogP contribution in [0, 0.1) is 23.2 Å². The van der Waals surface area contributed by atoms with Gasteiger partial charge in [0.25, 0.3) is 0 Å². The number of nitriles is 1. The van der Waals surface area contributed by atoms with Gasteiger partial charge in [-0.1, -0.05) is 42.5 Å². The standard InChI is InChI=1S/C23H26N2O/c24-16-19-6-4-5-18(15-19)9-12-23(26,21-7-2-1-3-8-21)22-17-25-13-10-20(22)11-14-25/h1-8,15,20,22,26H,9-14,17H2. The maximum Gasteiger partial charge on any atom is 0.0991 e. The van der Waals surface area contributed by atoms with Gasteiger partial charge in [0.15, 0.2) is 0 Å². The van der Waals surface area contributed by atoms with Crippen molar-refractivity contribution < 1.29 is 5.11 Å². The molecule has 3 fully saturated rings. The molecule has 2 bridgehead atoms. The predicted molar refractivity (Wildman–Crippen MR) is 102 cm³/mol. The molecule has 3 heterocycles. The Morgan fingerprint density at radius 2 is 1.85 bits per heavy atom. The Morgan fingerprint density at radius 3 is 2.50 bits per heavy atom. The fourth-order valence-electron chi connectivity index (χ4n) is 4.91. The Kier molecular flexibility index (Phi) is 4.80. The lowest BCUT2D eigenvalue weighted by Crippen LogP contribution is -2.55. The first-order valence-corrected chi connectivity index (χ1v) is 9.68. The number of aryl methyl sites for hydroxylation is 1. The minimum atomic E-state index is -0.812. The summed E-state index contributed by atoms with van der Waals surface area (Å²) in [5.74, 6) is 0.891. The van der Waals surface area contributed by atoms with Crippen LogP contribution in [0.2, 0.25) is 0 Å². The molecule has 2 aromatic carbocycles. The highest BCUT2D eigenvalue weighted by Gasteiger charge is 2.47. The molecule has 2 atom stereocenters. The van der Waals surface area contributed by atoms with E-state index in [1.807, 2.05) is 36.4 Å². The molecule has 2 unspecified atom stereocenters. The van der Waals surface area contributed by atoms with Gasteiger partial charge in [-0.05, 0) is 68.0 Å². The van der Waals surface area contributed by atoms with Crippen LogP contribution in [0.1, 0.15) is 36.0 Å². The van der Waals surface area contributed by atoms with Gasteiger partial charge in [0.2, 0.25) is 0 Å². The number of piperidine rings is 3. The van der Waals surface area contributed by atoms with Gasteiger partial charge in [0, 0.05) is 12.5 Å². The molecule has 0 amide bonds. The maximum atomic E-state index is 11.9. The second kappa shape index (κ2) is 7.23. The maximum absolute atomic E-state index is 11.9. The van der Waals surface area contributed by atoms with Crippen LogP contribution in [0.5, 0.6) is 0 Å². The molecule has 3 heteroatoms. The first-order chi connectivity index (χ1) is 12.7. The SMILES string of the molecule is N#Cc1cccc(CCC(O)(c2ccccc2)C2CN3CCC2CC3)c1. The second-order valence-corrected chi connectivity index (χ2v) is 7.85. The first kappa shape index (κ1) is 17.3. The Hall–Kier alpha value is -2.15. The molecule has 3 saturated heterocycles. The van der Waals surface area contributed by atoms with Crippen LogP contribution >= 0.6 is 0 Å². The number of aliphatic hydroxyl groups is 1. The Labute approximate surface area is 155 Å². The molecule has 5 rings (SSSR count). The third-order valence-corrected chi connectivity index (χ3v) is 6.39. The van der Waals surface area contributed by atoms with Crippen molar-refractivity contribution in [2.24, 2.45) is 11.8 Å². The average molecular weight is 346 g/mol. The number of fused-ring (bicyclic) bond motifs is 3. The van der Waals surface area contributed by atoms with E-state index in [4.69, 9.17) is 5.26 Å². The van der Waals surface area contributed by atoms with E-state index in [0.717, 1.165) is 24.1 Å². The normalized spacial score (nSPS) is 26.8. The molecular formula is C23H26N2O. The topological polar surface area (TPSA) is 47.3 Å². The number of hydrogen-bond donors (Lipinski definition) is 1. The van der Waals surface area contributed by atoms with Gasteiger partial charge < -0.3 is 10.0 Å². The molecule has 134 valence electrons. The lowest BCUT2D eigenvalue weighted by atomic mass is 9.66. The van der Waals surface area contributed by atoms with Crippen LogP contribution in [0.4, 0.5) is 0 Å². The van der Waals surface area contributed by atoms with Gasteiger partial charge in [-0.15, -0.1) is 0 Å². The number of hydrogen-bond acceptors (Lipinski definition) is 3. The number of rotatable bonds is 5. The van der Waals surface area contributed by atoms with Crippen LogP contribution < -0.4 is 0 Å². The first-order valence-electron chi connectivity index (χ1n) is 9.68. The summed E-state index contributed by atoms with van der Waals surface area (Å²) in [5.41, 5.74) is 2.04. The molecule has 26 heavy (non-hydrogen) atoms. The summed E-state index contributed by atoms with van der Waals surface area (Å²) >= 11 is 0. The van der Waals surface area contributed by atoms with Crippen molar-refractivity contribution in [3.63, 3.8) is 0 Å². The molecule has 1 N–H and O–H groups in total. The summed E-state index contributed by atoms with van der Waals surface area (Å²) in [6, 6.07) is 20.2. The summed E-state index contributed by atoms with van der Waals surface area (Å²) in [7, 11) is 0. The molecule has 3 aliphatic heterocycles. The zero-order valence-corrected chi connectivity index (χ0v) is 15.1. The minimum Gasteiger partial charge on any atom is -0.385 e. The molecule has 0 saturated carbocycles. The summed E-state index contributed by atoms with van der Waals surface area (Å²) in [6.07, 6.45) is 3.87. The van der Waals surface area contributed by atoms with E-state index in [9.17, 15) is 5.11 Å². The molecule has 3 nitrogen and oxygen atoms in total. The van der Waals surface area contributed by atoms with Crippen LogP contribution in [-0.2, 0) is 12.0 Å². The van der Waals surface area contributed by atoms with Crippen molar-refractivity contribution in [3.05, 3.63) is 71.3 Å². The van der Waals surface area contributed by atoms with Crippen molar-refractivity contribution in [2.75, 3.05) is 19.6 Å². The van der Waals surface area contributed by atoms with Crippen molar-refractivity contribution >= 4 is 0 Å². The quantitative estimate of drug-likeness (QED) is 0.897. The minimum absolute atomic E-state index is 0.284. The highest BCUT2D eigenvalue weighted by molar-refractivity contribution is 5.33. The molecule has 3 aliphatic rings. The fraction of sp³-hybridized carbons (Fsp3) is 0.435. The zero-order valence-electron chi connectivity index (χ0n) is 15.1. The van der Waals surface area contributed by atoms with Gasteiger partial charge in [-0.25, -0.2) is 0 Å². The monoisotopic (exact) mass is 346 g/mol. The van der Waals surface area contributed by atoms with E-state index < -0.39 is 5.60 Å². The van der Waals surface area contributed by atoms with E-state index in [0.29, 0.717) is 17.9 Å². The van der Waals surface area contributed by atoms with E-state index in [1.165, 1.54) is 25.9 Å². The third-order valence-electron chi connectivity index (χ3n) is 6.39. The lowest BCUT2D eigenvalue weighted by Gasteiger charge is -2.51. The molecule has 0 aromatic heterocycles. The van der Waals surface area contributed by atoms with Crippen LogP contribution in [0.3, 0.4) is 0 Å². The van der Waals surface area contributed by atoms with Crippen molar-refractivity contribution in [1.29, 1.82) is 5.26 Å². The second-order valence-electron chi connectivity index (χ2n) is 7.85. The van der Waals surface area contributed by atoms with Gasteiger partial charge >= 0.3 is 0 Å². The van der Waals surface area contributed by atoms with Gasteiger partial charge in [0.05, 0.1) is 17.2 Å². The Balaban J connectivity index is 1.62. The number of nitrogens with zero attached hydrogens (tertiary/aromatic N) is 2.